The Kier molecular flexibility index (Phi) is 1.90. The first-order valence-corrected chi connectivity index (χ1v) is 3.94. The van der Waals surface area contributed by atoms with Crippen molar-refractivity contribution in [2.24, 2.45) is 0 Å². The Labute approximate surface area is 81.7 Å². The lowest BCUT2D eigenvalue weighted by atomic mass is 10.2. The minimum absolute atomic E-state index is 0.251. The fourth-order valence-electron chi connectivity index (χ4n) is 1.27. The van der Waals surface area contributed by atoms with Crippen LogP contribution in [0.5, 0.6) is 0 Å². The standard InChI is InChI=1S/C7H3ClF2N2O2/c8-5-3-2(1-12(14)7(3)13)4(9)6(10)11-5/h14H,1H2. The van der Waals surface area contributed by atoms with Gasteiger partial charge in [-0.1, -0.05) is 11.6 Å². The third-order valence-corrected chi connectivity index (χ3v) is 2.18. The van der Waals surface area contributed by atoms with Gasteiger partial charge in [0.1, 0.15) is 5.15 Å². The van der Waals surface area contributed by atoms with Gasteiger partial charge in [0.25, 0.3) is 11.9 Å². The Morgan fingerprint density at radius 1 is 1.50 bits per heavy atom. The molecule has 1 N–H and O–H groups in total. The number of fused-ring (bicyclic) bond motifs is 1. The van der Waals surface area contributed by atoms with E-state index in [1.54, 1.807) is 0 Å². The highest BCUT2D eigenvalue weighted by atomic mass is 35.5. The summed E-state index contributed by atoms with van der Waals surface area (Å²) in [5.74, 6) is -3.51. The molecule has 2 rings (SSSR count). The number of hydrogen-bond donors (Lipinski definition) is 1. The number of rotatable bonds is 0. The third kappa shape index (κ3) is 1.08. The van der Waals surface area contributed by atoms with Gasteiger partial charge in [-0.15, -0.1) is 0 Å². The zero-order chi connectivity index (χ0) is 10.5. The minimum atomic E-state index is -1.38. The molecular weight excluding hydrogens is 218 g/mol. The van der Waals surface area contributed by atoms with Crippen LogP contribution in [0.15, 0.2) is 0 Å². The molecule has 0 aliphatic carbocycles. The van der Waals surface area contributed by atoms with Crippen molar-refractivity contribution in [3.63, 3.8) is 0 Å². The molecule has 0 saturated carbocycles. The summed E-state index contributed by atoms with van der Waals surface area (Å²) in [5, 5.41) is 8.77. The van der Waals surface area contributed by atoms with Gasteiger partial charge < -0.3 is 0 Å². The maximum atomic E-state index is 13.0. The molecule has 7 heteroatoms. The summed E-state index contributed by atoms with van der Waals surface area (Å²) in [5.41, 5.74) is -0.553. The number of halogens is 3. The van der Waals surface area contributed by atoms with E-state index in [1.165, 1.54) is 0 Å². The van der Waals surface area contributed by atoms with Crippen molar-refractivity contribution in [3.8, 4) is 0 Å². The maximum absolute atomic E-state index is 13.0. The summed E-state index contributed by atoms with van der Waals surface area (Å²) >= 11 is 5.43. The van der Waals surface area contributed by atoms with Gasteiger partial charge in [-0.3, -0.25) is 10.0 Å². The van der Waals surface area contributed by atoms with Crippen LogP contribution >= 0.6 is 11.6 Å². The zero-order valence-corrected chi connectivity index (χ0v) is 7.35. The molecule has 1 amide bonds. The number of aromatic nitrogens is 1. The molecule has 0 saturated heterocycles. The SMILES string of the molecule is O=C1c2c(Cl)nc(F)c(F)c2CN1O. The van der Waals surface area contributed by atoms with Crippen molar-refractivity contribution in [2.75, 3.05) is 0 Å². The van der Waals surface area contributed by atoms with Gasteiger partial charge >= 0.3 is 0 Å². The predicted molar refractivity (Wildman–Crippen MR) is 40.8 cm³/mol. The summed E-state index contributed by atoms with van der Waals surface area (Å²) < 4.78 is 25.8. The number of hydrogen-bond acceptors (Lipinski definition) is 3. The monoisotopic (exact) mass is 220 g/mol. The van der Waals surface area contributed by atoms with Crippen LogP contribution in [0, 0.1) is 11.8 Å². The van der Waals surface area contributed by atoms with Crippen LogP contribution in [0.4, 0.5) is 8.78 Å². The highest BCUT2D eigenvalue weighted by Crippen LogP contribution is 2.29. The largest absolute Gasteiger partial charge is 0.285 e. The van der Waals surface area contributed by atoms with Crippen LogP contribution in [0.3, 0.4) is 0 Å². The van der Waals surface area contributed by atoms with Gasteiger partial charge in [-0.2, -0.15) is 4.39 Å². The molecule has 14 heavy (non-hydrogen) atoms. The Morgan fingerprint density at radius 2 is 2.14 bits per heavy atom. The number of hydroxylamine groups is 2. The summed E-state index contributed by atoms with van der Waals surface area (Å²) in [6, 6.07) is 0. The van der Waals surface area contributed by atoms with E-state index in [2.05, 4.69) is 4.98 Å². The van der Waals surface area contributed by atoms with Crippen molar-refractivity contribution < 1.29 is 18.8 Å². The second kappa shape index (κ2) is 2.86. The average molecular weight is 221 g/mol. The summed E-state index contributed by atoms with van der Waals surface area (Å²) in [4.78, 5) is 14.1. The Hall–Kier alpha value is -1.27. The molecule has 1 aromatic rings. The fraction of sp³-hybridized carbons (Fsp3) is 0.143. The third-order valence-electron chi connectivity index (χ3n) is 1.91. The van der Waals surface area contributed by atoms with Crippen LogP contribution < -0.4 is 0 Å². The van der Waals surface area contributed by atoms with Crippen molar-refractivity contribution >= 4 is 17.5 Å². The van der Waals surface area contributed by atoms with Crippen molar-refractivity contribution in [1.82, 2.24) is 10.0 Å². The van der Waals surface area contributed by atoms with Crippen LogP contribution in [0.1, 0.15) is 15.9 Å². The number of amides is 1. The predicted octanol–water partition coefficient (Wildman–Crippen LogP) is 1.36. The average Bonchev–Trinajstić information content (AvgIpc) is 2.40. The van der Waals surface area contributed by atoms with Crippen molar-refractivity contribution in [1.29, 1.82) is 0 Å². The van der Waals surface area contributed by atoms with E-state index in [1.807, 2.05) is 0 Å². The summed E-state index contributed by atoms with van der Waals surface area (Å²) in [6.07, 6.45) is 0. The topological polar surface area (TPSA) is 53.4 Å². The van der Waals surface area contributed by atoms with Gasteiger partial charge in [0.05, 0.1) is 12.1 Å². The lowest BCUT2D eigenvalue weighted by Crippen LogP contribution is -2.18. The van der Waals surface area contributed by atoms with E-state index >= 15 is 0 Å². The van der Waals surface area contributed by atoms with Crippen LogP contribution in [-0.2, 0) is 6.54 Å². The van der Waals surface area contributed by atoms with E-state index in [0.29, 0.717) is 0 Å². The smallest absolute Gasteiger partial charge is 0.281 e. The van der Waals surface area contributed by atoms with Gasteiger partial charge in [0.2, 0.25) is 0 Å². The van der Waals surface area contributed by atoms with Gasteiger partial charge in [-0.25, -0.2) is 14.4 Å². The number of nitrogens with zero attached hydrogens (tertiary/aromatic N) is 2. The van der Waals surface area contributed by atoms with Crippen LogP contribution in [0.2, 0.25) is 5.15 Å². The first kappa shape index (κ1) is 9.29. The maximum Gasteiger partial charge on any atom is 0.281 e. The lowest BCUT2D eigenvalue weighted by Gasteiger charge is -2.01. The molecule has 0 radical (unpaired) electrons. The highest BCUT2D eigenvalue weighted by Gasteiger charge is 2.34. The lowest BCUT2D eigenvalue weighted by molar-refractivity contribution is -0.0582. The quantitative estimate of drug-likeness (QED) is 0.531. The van der Waals surface area contributed by atoms with E-state index in [4.69, 9.17) is 16.8 Å². The molecule has 4 nitrogen and oxygen atoms in total. The number of carbonyl (C=O) groups is 1. The van der Waals surface area contributed by atoms with Crippen LogP contribution in [0.25, 0.3) is 0 Å². The molecular formula is C7H3ClF2N2O2. The molecule has 0 unspecified atom stereocenters. The van der Waals surface area contributed by atoms with E-state index in [0.717, 1.165) is 0 Å². The molecule has 1 aromatic heterocycles. The molecule has 0 atom stereocenters. The molecule has 1 aliphatic heterocycles. The normalized spacial score (nSPS) is 14.9. The molecule has 0 bridgehead atoms. The molecule has 0 aromatic carbocycles. The van der Waals surface area contributed by atoms with E-state index in [9.17, 15) is 13.6 Å². The molecule has 1 aliphatic rings. The Bertz CT molecular complexity index is 438. The second-order valence-electron chi connectivity index (χ2n) is 2.72. The van der Waals surface area contributed by atoms with Crippen molar-refractivity contribution in [2.45, 2.75) is 6.54 Å². The van der Waals surface area contributed by atoms with E-state index in [-0.39, 0.29) is 16.2 Å². The minimum Gasteiger partial charge on any atom is -0.285 e. The highest BCUT2D eigenvalue weighted by molar-refractivity contribution is 6.33. The fourth-order valence-corrected chi connectivity index (χ4v) is 1.54. The summed E-state index contributed by atoms with van der Waals surface area (Å²) in [6.45, 7) is -0.418. The first-order chi connectivity index (χ1) is 6.52. The van der Waals surface area contributed by atoms with Gasteiger partial charge in [-0.05, 0) is 0 Å². The van der Waals surface area contributed by atoms with Crippen LogP contribution in [-0.4, -0.2) is 21.2 Å². The molecule has 74 valence electrons. The number of pyridine rings is 1. The zero-order valence-electron chi connectivity index (χ0n) is 6.59. The second-order valence-corrected chi connectivity index (χ2v) is 3.08. The Morgan fingerprint density at radius 3 is 2.79 bits per heavy atom. The first-order valence-electron chi connectivity index (χ1n) is 3.56. The van der Waals surface area contributed by atoms with Gasteiger partial charge in [0, 0.05) is 5.56 Å². The molecule has 2 heterocycles. The Balaban J connectivity index is 2.73. The van der Waals surface area contributed by atoms with Crippen molar-refractivity contribution in [3.05, 3.63) is 28.0 Å². The van der Waals surface area contributed by atoms with E-state index < -0.39 is 29.4 Å². The number of carbonyl (C=O) groups excluding carboxylic acids is 1. The van der Waals surface area contributed by atoms with Gasteiger partial charge in [0.15, 0.2) is 5.82 Å². The summed E-state index contributed by atoms with van der Waals surface area (Å²) in [7, 11) is 0. The molecule has 0 spiro atoms. The molecule has 0 fully saturated rings.